The lowest BCUT2D eigenvalue weighted by Crippen LogP contribution is -2.09. The highest BCUT2D eigenvalue weighted by Gasteiger charge is 2.02. The lowest BCUT2D eigenvalue weighted by atomic mass is 10.7. The Balaban J connectivity index is 2.67. The van der Waals surface area contributed by atoms with Crippen molar-refractivity contribution in [1.29, 1.82) is 0 Å². The SMILES string of the molecule is C#CCONc1nc(N)nc(CCl)n1. The number of rotatable bonds is 4. The summed E-state index contributed by atoms with van der Waals surface area (Å²) in [5.41, 5.74) is 7.80. The van der Waals surface area contributed by atoms with Crippen LogP contribution in [-0.4, -0.2) is 21.6 Å². The molecule has 0 atom stereocenters. The van der Waals surface area contributed by atoms with Crippen LogP contribution < -0.4 is 11.2 Å². The summed E-state index contributed by atoms with van der Waals surface area (Å²) in [6.45, 7) is 0.0990. The Hall–Kier alpha value is -1.58. The Morgan fingerprint density at radius 3 is 2.93 bits per heavy atom. The molecule has 0 aliphatic heterocycles. The molecule has 6 nitrogen and oxygen atoms in total. The maximum Gasteiger partial charge on any atom is 0.252 e. The highest BCUT2D eigenvalue weighted by atomic mass is 35.5. The second-order valence-electron chi connectivity index (χ2n) is 2.16. The summed E-state index contributed by atoms with van der Waals surface area (Å²) in [5, 5.41) is 0. The molecule has 0 amide bonds. The molecular weight excluding hydrogens is 206 g/mol. The van der Waals surface area contributed by atoms with Gasteiger partial charge in [-0.05, 0) is 0 Å². The van der Waals surface area contributed by atoms with Gasteiger partial charge in [0.25, 0.3) is 5.95 Å². The van der Waals surface area contributed by atoms with Crippen LogP contribution in [0.5, 0.6) is 0 Å². The Morgan fingerprint density at radius 2 is 2.29 bits per heavy atom. The molecule has 1 heterocycles. The van der Waals surface area contributed by atoms with Crippen molar-refractivity contribution in [3.63, 3.8) is 0 Å². The molecule has 0 aliphatic carbocycles. The van der Waals surface area contributed by atoms with Gasteiger partial charge >= 0.3 is 0 Å². The van der Waals surface area contributed by atoms with Crippen LogP contribution in [0.2, 0.25) is 0 Å². The molecule has 0 fully saturated rings. The van der Waals surface area contributed by atoms with E-state index in [1.165, 1.54) is 0 Å². The van der Waals surface area contributed by atoms with Crippen molar-refractivity contribution in [2.24, 2.45) is 0 Å². The van der Waals surface area contributed by atoms with Gasteiger partial charge in [0.1, 0.15) is 6.61 Å². The standard InChI is InChI=1S/C7H8ClN5O/c1-2-3-14-13-7-11-5(4-8)10-6(9)12-7/h1H,3-4H2,(H3,9,10,11,12,13). The summed E-state index contributed by atoms with van der Waals surface area (Å²) >= 11 is 5.52. The molecular formula is C7H8ClN5O. The maximum atomic E-state index is 5.52. The van der Waals surface area contributed by atoms with Crippen LogP contribution in [0.25, 0.3) is 0 Å². The van der Waals surface area contributed by atoms with Crippen molar-refractivity contribution in [2.75, 3.05) is 17.8 Å². The van der Waals surface area contributed by atoms with Crippen molar-refractivity contribution in [3.8, 4) is 12.3 Å². The molecule has 7 heteroatoms. The highest BCUT2D eigenvalue weighted by molar-refractivity contribution is 6.16. The van der Waals surface area contributed by atoms with Gasteiger partial charge in [-0.2, -0.15) is 15.0 Å². The van der Waals surface area contributed by atoms with Crippen LogP contribution in [0.4, 0.5) is 11.9 Å². The van der Waals surface area contributed by atoms with Crippen molar-refractivity contribution < 1.29 is 4.84 Å². The van der Waals surface area contributed by atoms with E-state index in [4.69, 9.17) is 28.6 Å². The molecule has 3 N–H and O–H groups in total. The lowest BCUT2D eigenvalue weighted by molar-refractivity contribution is 0.230. The van der Waals surface area contributed by atoms with Gasteiger partial charge in [0, 0.05) is 0 Å². The molecule has 0 aliphatic rings. The Morgan fingerprint density at radius 1 is 1.50 bits per heavy atom. The third-order valence-corrected chi connectivity index (χ3v) is 1.38. The summed E-state index contributed by atoms with van der Waals surface area (Å²) in [4.78, 5) is 16.2. The quantitative estimate of drug-likeness (QED) is 0.321. The molecule has 14 heavy (non-hydrogen) atoms. The highest BCUT2D eigenvalue weighted by Crippen LogP contribution is 2.04. The molecule has 1 rings (SSSR count). The smallest absolute Gasteiger partial charge is 0.252 e. The van der Waals surface area contributed by atoms with E-state index in [9.17, 15) is 0 Å². The van der Waals surface area contributed by atoms with Gasteiger partial charge in [0.05, 0.1) is 5.88 Å². The third-order valence-electron chi connectivity index (χ3n) is 1.14. The van der Waals surface area contributed by atoms with Crippen LogP contribution >= 0.6 is 11.6 Å². The minimum atomic E-state index is 0.0717. The Labute approximate surface area is 85.8 Å². The summed E-state index contributed by atoms with van der Waals surface area (Å²) in [6.07, 6.45) is 4.96. The van der Waals surface area contributed by atoms with Gasteiger partial charge < -0.3 is 5.73 Å². The molecule has 0 unspecified atom stereocenters. The Bertz CT molecular complexity index is 350. The number of halogens is 1. The normalized spacial score (nSPS) is 9.43. The number of alkyl halides is 1. The lowest BCUT2D eigenvalue weighted by Gasteiger charge is -2.03. The number of aromatic nitrogens is 3. The predicted molar refractivity (Wildman–Crippen MR) is 52.2 cm³/mol. The number of hydrogen-bond donors (Lipinski definition) is 2. The summed E-state index contributed by atoms with van der Waals surface area (Å²) in [7, 11) is 0. The zero-order valence-electron chi connectivity index (χ0n) is 7.20. The summed E-state index contributed by atoms with van der Waals surface area (Å²) < 4.78 is 0. The van der Waals surface area contributed by atoms with Crippen LogP contribution in [0.15, 0.2) is 0 Å². The first-order valence-corrected chi connectivity index (χ1v) is 4.17. The molecule has 0 saturated heterocycles. The molecule has 0 spiro atoms. The van der Waals surface area contributed by atoms with Crippen molar-refractivity contribution >= 4 is 23.5 Å². The summed E-state index contributed by atoms with van der Waals surface area (Å²) in [5.74, 6) is 3.04. The average molecular weight is 214 g/mol. The van der Waals surface area contributed by atoms with Gasteiger partial charge in [0.2, 0.25) is 5.95 Å². The molecule has 1 aromatic heterocycles. The third kappa shape index (κ3) is 3.05. The first kappa shape index (κ1) is 10.5. The number of nitrogen functional groups attached to an aromatic ring is 1. The molecule has 0 aromatic carbocycles. The van der Waals surface area contributed by atoms with E-state index in [1.54, 1.807) is 0 Å². The maximum absolute atomic E-state index is 5.52. The number of hydrogen-bond acceptors (Lipinski definition) is 6. The molecule has 0 radical (unpaired) electrons. The van der Waals surface area contributed by atoms with Crippen LogP contribution in [0.1, 0.15) is 5.82 Å². The first-order valence-electron chi connectivity index (χ1n) is 3.64. The second-order valence-corrected chi connectivity index (χ2v) is 2.43. The van der Waals surface area contributed by atoms with Crippen molar-refractivity contribution in [1.82, 2.24) is 15.0 Å². The summed E-state index contributed by atoms with van der Waals surface area (Å²) in [6, 6.07) is 0. The fourth-order valence-electron chi connectivity index (χ4n) is 0.686. The van der Waals surface area contributed by atoms with Crippen molar-refractivity contribution in [2.45, 2.75) is 5.88 Å². The van der Waals surface area contributed by atoms with Crippen LogP contribution in [-0.2, 0) is 10.7 Å². The van der Waals surface area contributed by atoms with Crippen molar-refractivity contribution in [3.05, 3.63) is 5.82 Å². The monoisotopic (exact) mass is 213 g/mol. The van der Waals surface area contributed by atoms with E-state index in [-0.39, 0.29) is 24.4 Å². The van der Waals surface area contributed by atoms with Crippen LogP contribution in [0.3, 0.4) is 0 Å². The van der Waals surface area contributed by atoms with Gasteiger partial charge in [0.15, 0.2) is 5.82 Å². The minimum absolute atomic E-state index is 0.0717. The predicted octanol–water partition coefficient (Wildman–Crippen LogP) is 0.169. The van der Waals surface area contributed by atoms with E-state index in [1.807, 2.05) is 0 Å². The number of nitrogens with zero attached hydrogens (tertiary/aromatic N) is 3. The van der Waals surface area contributed by atoms with Gasteiger partial charge in [-0.3, -0.25) is 4.84 Å². The fourth-order valence-corrected chi connectivity index (χ4v) is 0.805. The number of nitrogens with two attached hydrogens (primary N) is 1. The van der Waals surface area contributed by atoms with Gasteiger partial charge in [-0.1, -0.05) is 5.92 Å². The zero-order chi connectivity index (χ0) is 10.4. The topological polar surface area (TPSA) is 86.0 Å². The fraction of sp³-hybridized carbons (Fsp3) is 0.286. The van der Waals surface area contributed by atoms with E-state index in [0.29, 0.717) is 5.82 Å². The van der Waals surface area contributed by atoms with E-state index < -0.39 is 0 Å². The number of terminal acetylenes is 1. The largest absolute Gasteiger partial charge is 0.368 e. The first-order chi connectivity index (χ1) is 6.76. The van der Waals surface area contributed by atoms with E-state index >= 15 is 0 Å². The number of nitrogens with one attached hydrogen (secondary N) is 1. The molecule has 0 bridgehead atoms. The number of anilines is 2. The van der Waals surface area contributed by atoms with Gasteiger partial charge in [-0.25, -0.2) is 5.48 Å². The Kier molecular flexibility index (Phi) is 3.91. The van der Waals surface area contributed by atoms with Gasteiger partial charge in [-0.15, -0.1) is 18.0 Å². The van der Waals surface area contributed by atoms with Crippen LogP contribution in [0, 0.1) is 12.3 Å². The molecule has 74 valence electrons. The second kappa shape index (κ2) is 5.21. The molecule has 1 aromatic rings. The zero-order valence-corrected chi connectivity index (χ0v) is 7.95. The average Bonchev–Trinajstić information content (AvgIpc) is 2.17. The van der Waals surface area contributed by atoms with E-state index in [0.717, 1.165) is 0 Å². The molecule has 0 saturated carbocycles. The van der Waals surface area contributed by atoms with E-state index in [2.05, 4.69) is 26.4 Å². The minimum Gasteiger partial charge on any atom is -0.368 e.